The van der Waals surface area contributed by atoms with Crippen LogP contribution in [0.2, 0.25) is 5.02 Å². The van der Waals surface area contributed by atoms with Gasteiger partial charge in [-0.15, -0.1) is 0 Å². The summed E-state index contributed by atoms with van der Waals surface area (Å²) >= 11 is 6.07. The third-order valence-corrected chi connectivity index (χ3v) is 4.82. The van der Waals surface area contributed by atoms with Crippen molar-refractivity contribution in [3.05, 3.63) is 64.2 Å². The molecule has 3 rings (SSSR count). The summed E-state index contributed by atoms with van der Waals surface area (Å²) in [6, 6.07) is 14.8. The standard InChI is InChI=1S/C19H23ClN2/c1-15-5-3-8-19(16(15)2)22-11-9-21(10-12-22)14-17-6-4-7-18(20)13-17/h3-8,13H,9-12,14H2,1-2H3. The summed E-state index contributed by atoms with van der Waals surface area (Å²) in [7, 11) is 0. The molecule has 1 aliphatic rings. The van der Waals surface area contributed by atoms with Crippen molar-refractivity contribution < 1.29 is 0 Å². The molecule has 1 saturated heterocycles. The smallest absolute Gasteiger partial charge is 0.0409 e. The molecule has 3 heteroatoms. The van der Waals surface area contributed by atoms with Crippen molar-refractivity contribution >= 4 is 17.3 Å². The molecular weight excluding hydrogens is 292 g/mol. The normalized spacial score (nSPS) is 16.0. The highest BCUT2D eigenvalue weighted by Gasteiger charge is 2.18. The third-order valence-electron chi connectivity index (χ3n) is 4.58. The van der Waals surface area contributed by atoms with E-state index < -0.39 is 0 Å². The monoisotopic (exact) mass is 314 g/mol. The van der Waals surface area contributed by atoms with Gasteiger partial charge in [0.2, 0.25) is 0 Å². The Balaban J connectivity index is 1.62. The molecule has 0 amide bonds. The van der Waals surface area contributed by atoms with Crippen molar-refractivity contribution in [3.63, 3.8) is 0 Å². The molecule has 0 saturated carbocycles. The van der Waals surface area contributed by atoms with Crippen LogP contribution in [0.3, 0.4) is 0 Å². The maximum absolute atomic E-state index is 6.07. The number of rotatable bonds is 3. The SMILES string of the molecule is Cc1cccc(N2CCN(Cc3cccc(Cl)c3)CC2)c1C. The van der Waals surface area contributed by atoms with Crippen LogP contribution in [0.25, 0.3) is 0 Å². The van der Waals surface area contributed by atoms with Gasteiger partial charge in [-0.25, -0.2) is 0 Å². The van der Waals surface area contributed by atoms with E-state index in [1.54, 1.807) is 0 Å². The van der Waals surface area contributed by atoms with Crippen LogP contribution in [-0.2, 0) is 6.54 Å². The summed E-state index contributed by atoms with van der Waals surface area (Å²) in [6.07, 6.45) is 0. The molecular formula is C19H23ClN2. The van der Waals surface area contributed by atoms with Crippen LogP contribution in [0.5, 0.6) is 0 Å². The molecule has 2 nitrogen and oxygen atoms in total. The van der Waals surface area contributed by atoms with Crippen molar-refractivity contribution in [2.45, 2.75) is 20.4 Å². The highest BCUT2D eigenvalue weighted by molar-refractivity contribution is 6.30. The minimum Gasteiger partial charge on any atom is -0.369 e. The number of halogens is 1. The second-order valence-electron chi connectivity index (χ2n) is 6.11. The maximum Gasteiger partial charge on any atom is 0.0409 e. The average molecular weight is 315 g/mol. The Hall–Kier alpha value is -1.51. The summed E-state index contributed by atoms with van der Waals surface area (Å²) in [6.45, 7) is 9.77. The number of benzene rings is 2. The topological polar surface area (TPSA) is 6.48 Å². The Bertz CT molecular complexity index is 646. The van der Waals surface area contributed by atoms with Gasteiger partial charge in [-0.05, 0) is 48.7 Å². The van der Waals surface area contributed by atoms with Crippen LogP contribution in [0, 0.1) is 13.8 Å². The van der Waals surface area contributed by atoms with Gasteiger partial charge in [-0.2, -0.15) is 0 Å². The first-order chi connectivity index (χ1) is 10.6. The van der Waals surface area contributed by atoms with E-state index in [-0.39, 0.29) is 0 Å². The molecule has 1 fully saturated rings. The van der Waals surface area contributed by atoms with E-state index in [1.807, 2.05) is 12.1 Å². The van der Waals surface area contributed by atoms with E-state index in [2.05, 4.69) is 54.0 Å². The van der Waals surface area contributed by atoms with Crippen molar-refractivity contribution in [2.75, 3.05) is 31.1 Å². The number of hydrogen-bond acceptors (Lipinski definition) is 2. The van der Waals surface area contributed by atoms with Gasteiger partial charge in [0.25, 0.3) is 0 Å². The quantitative estimate of drug-likeness (QED) is 0.834. The Morgan fingerprint density at radius 1 is 0.955 bits per heavy atom. The predicted molar refractivity (Wildman–Crippen MR) is 94.9 cm³/mol. The van der Waals surface area contributed by atoms with Gasteiger partial charge in [0.05, 0.1) is 0 Å². The molecule has 1 aliphatic heterocycles. The van der Waals surface area contributed by atoms with E-state index in [4.69, 9.17) is 11.6 Å². The van der Waals surface area contributed by atoms with Crippen molar-refractivity contribution in [1.82, 2.24) is 4.90 Å². The first kappa shape index (κ1) is 15.4. The first-order valence-corrected chi connectivity index (χ1v) is 8.29. The molecule has 0 radical (unpaired) electrons. The molecule has 2 aromatic carbocycles. The Labute approximate surface area is 138 Å². The molecule has 22 heavy (non-hydrogen) atoms. The lowest BCUT2D eigenvalue weighted by Gasteiger charge is -2.37. The second-order valence-corrected chi connectivity index (χ2v) is 6.55. The van der Waals surface area contributed by atoms with Crippen molar-refractivity contribution in [1.29, 1.82) is 0 Å². The van der Waals surface area contributed by atoms with Crippen LogP contribution in [-0.4, -0.2) is 31.1 Å². The lowest BCUT2D eigenvalue weighted by atomic mass is 10.1. The highest BCUT2D eigenvalue weighted by Crippen LogP contribution is 2.24. The molecule has 1 heterocycles. The Morgan fingerprint density at radius 3 is 2.41 bits per heavy atom. The van der Waals surface area contributed by atoms with Crippen LogP contribution in [0.4, 0.5) is 5.69 Å². The fourth-order valence-electron chi connectivity index (χ4n) is 3.12. The minimum absolute atomic E-state index is 0.825. The van der Waals surface area contributed by atoms with Crippen LogP contribution in [0.15, 0.2) is 42.5 Å². The highest BCUT2D eigenvalue weighted by atomic mass is 35.5. The first-order valence-electron chi connectivity index (χ1n) is 7.91. The minimum atomic E-state index is 0.825. The molecule has 2 aromatic rings. The number of anilines is 1. The van der Waals surface area contributed by atoms with Gasteiger partial charge in [0, 0.05) is 43.4 Å². The molecule has 116 valence electrons. The van der Waals surface area contributed by atoms with E-state index >= 15 is 0 Å². The zero-order chi connectivity index (χ0) is 15.5. The lowest BCUT2D eigenvalue weighted by Crippen LogP contribution is -2.46. The number of hydrogen-bond donors (Lipinski definition) is 0. The van der Waals surface area contributed by atoms with Gasteiger partial charge in [0.15, 0.2) is 0 Å². The van der Waals surface area contributed by atoms with Gasteiger partial charge in [-0.1, -0.05) is 35.9 Å². The van der Waals surface area contributed by atoms with E-state index in [1.165, 1.54) is 22.4 Å². The molecule has 0 spiro atoms. The average Bonchev–Trinajstić information content (AvgIpc) is 2.51. The molecule has 0 aromatic heterocycles. The summed E-state index contributed by atoms with van der Waals surface area (Å²) in [5.74, 6) is 0. The van der Waals surface area contributed by atoms with Crippen molar-refractivity contribution in [2.24, 2.45) is 0 Å². The van der Waals surface area contributed by atoms with Gasteiger partial charge < -0.3 is 4.90 Å². The molecule has 0 atom stereocenters. The zero-order valence-corrected chi connectivity index (χ0v) is 14.1. The lowest BCUT2D eigenvalue weighted by molar-refractivity contribution is 0.250. The van der Waals surface area contributed by atoms with Crippen LogP contribution >= 0.6 is 11.6 Å². The van der Waals surface area contributed by atoms with Crippen LogP contribution < -0.4 is 4.90 Å². The summed E-state index contributed by atoms with van der Waals surface area (Å²) in [5.41, 5.74) is 5.47. The molecule has 0 N–H and O–H groups in total. The van der Waals surface area contributed by atoms with Gasteiger partial charge >= 0.3 is 0 Å². The summed E-state index contributed by atoms with van der Waals surface area (Å²) in [5, 5.41) is 0.825. The van der Waals surface area contributed by atoms with Crippen molar-refractivity contribution in [3.8, 4) is 0 Å². The Morgan fingerprint density at radius 2 is 1.68 bits per heavy atom. The number of nitrogens with zero attached hydrogens (tertiary/aromatic N) is 2. The predicted octanol–water partition coefficient (Wildman–Crippen LogP) is 4.28. The summed E-state index contributed by atoms with van der Waals surface area (Å²) < 4.78 is 0. The fraction of sp³-hybridized carbons (Fsp3) is 0.368. The van der Waals surface area contributed by atoms with E-state index in [0.717, 1.165) is 37.7 Å². The molecule has 0 unspecified atom stereocenters. The second kappa shape index (κ2) is 6.72. The number of aryl methyl sites for hydroxylation is 1. The summed E-state index contributed by atoms with van der Waals surface area (Å²) in [4.78, 5) is 5.02. The van der Waals surface area contributed by atoms with Crippen LogP contribution in [0.1, 0.15) is 16.7 Å². The number of piperazine rings is 1. The molecule has 0 aliphatic carbocycles. The van der Waals surface area contributed by atoms with E-state index in [9.17, 15) is 0 Å². The fourth-order valence-corrected chi connectivity index (χ4v) is 3.33. The molecule has 0 bridgehead atoms. The largest absolute Gasteiger partial charge is 0.369 e. The van der Waals surface area contributed by atoms with Gasteiger partial charge in [-0.3, -0.25) is 4.90 Å². The van der Waals surface area contributed by atoms with Gasteiger partial charge in [0.1, 0.15) is 0 Å². The maximum atomic E-state index is 6.07. The van der Waals surface area contributed by atoms with E-state index in [0.29, 0.717) is 0 Å². The third kappa shape index (κ3) is 3.45. The zero-order valence-electron chi connectivity index (χ0n) is 13.3. The Kier molecular flexibility index (Phi) is 4.70.